The van der Waals surface area contributed by atoms with Crippen molar-refractivity contribution in [3.63, 3.8) is 0 Å². The van der Waals surface area contributed by atoms with Crippen molar-refractivity contribution in [1.82, 2.24) is 0 Å². The van der Waals surface area contributed by atoms with Crippen LogP contribution in [0.4, 0.5) is 5.69 Å². The third-order valence-electron chi connectivity index (χ3n) is 5.79. The van der Waals surface area contributed by atoms with Crippen molar-refractivity contribution >= 4 is 34.5 Å². The van der Waals surface area contributed by atoms with E-state index >= 15 is 0 Å². The van der Waals surface area contributed by atoms with Gasteiger partial charge in [0.2, 0.25) is 0 Å². The summed E-state index contributed by atoms with van der Waals surface area (Å²) in [5.41, 5.74) is 2.94. The van der Waals surface area contributed by atoms with E-state index in [2.05, 4.69) is 0 Å². The lowest BCUT2D eigenvalue weighted by Gasteiger charge is -2.26. The van der Waals surface area contributed by atoms with Gasteiger partial charge >= 0.3 is 0 Å². The molecule has 1 atom stereocenters. The number of anilines is 1. The van der Waals surface area contributed by atoms with Crippen molar-refractivity contribution in [3.8, 4) is 11.5 Å². The second-order valence-corrected chi connectivity index (χ2v) is 8.73. The van der Waals surface area contributed by atoms with Crippen LogP contribution in [0, 0.1) is 13.8 Å². The van der Waals surface area contributed by atoms with Crippen LogP contribution >= 0.6 is 11.3 Å². The highest BCUT2D eigenvalue weighted by Gasteiger charge is 2.48. The molecule has 3 aromatic rings. The first-order valence-corrected chi connectivity index (χ1v) is 11.2. The number of para-hydroxylation sites is 1. The van der Waals surface area contributed by atoms with E-state index in [1.54, 1.807) is 18.2 Å². The minimum absolute atomic E-state index is 0.0699. The summed E-state index contributed by atoms with van der Waals surface area (Å²) < 4.78 is 11.2. The number of ketones is 1. The lowest BCUT2D eigenvalue weighted by molar-refractivity contribution is -0.132. The number of rotatable bonds is 3. The van der Waals surface area contributed by atoms with E-state index in [4.69, 9.17) is 9.47 Å². The van der Waals surface area contributed by atoms with Gasteiger partial charge in [-0.15, -0.1) is 11.3 Å². The molecule has 1 amide bonds. The van der Waals surface area contributed by atoms with Gasteiger partial charge in [0, 0.05) is 16.1 Å². The Labute approximate surface area is 189 Å². The highest BCUT2D eigenvalue weighted by molar-refractivity contribution is 7.10. The van der Waals surface area contributed by atoms with Gasteiger partial charge in [0.25, 0.3) is 11.7 Å². The fraction of sp³-hybridized carbons (Fsp3) is 0.200. The first-order chi connectivity index (χ1) is 15.5. The number of nitrogens with zero attached hydrogens (tertiary/aromatic N) is 1. The Morgan fingerprint density at radius 3 is 2.47 bits per heavy atom. The normalized spacial score (nSPS) is 19.4. The molecular weight excluding hydrogens is 426 g/mol. The van der Waals surface area contributed by atoms with Gasteiger partial charge in [0.15, 0.2) is 11.5 Å². The summed E-state index contributed by atoms with van der Waals surface area (Å²) in [7, 11) is 0. The van der Waals surface area contributed by atoms with Crippen molar-refractivity contribution in [2.75, 3.05) is 18.1 Å². The first kappa shape index (κ1) is 20.3. The number of hydrogen-bond acceptors (Lipinski definition) is 6. The van der Waals surface area contributed by atoms with Crippen LogP contribution in [0.25, 0.3) is 5.76 Å². The summed E-state index contributed by atoms with van der Waals surface area (Å²) in [5.74, 6) is -0.514. The summed E-state index contributed by atoms with van der Waals surface area (Å²) in [4.78, 5) is 28.8. The number of ether oxygens (including phenoxy) is 2. The SMILES string of the molecule is Cc1ccccc1N1C(=O)C(=O)/C(=C(\O)c2ccc3c(c2)OCCO3)C1c1sccc1C. The summed E-state index contributed by atoms with van der Waals surface area (Å²) >= 11 is 1.46. The Morgan fingerprint density at radius 1 is 1.00 bits per heavy atom. The van der Waals surface area contributed by atoms with Crippen LogP contribution in [0.15, 0.2) is 59.5 Å². The molecule has 1 saturated heterocycles. The number of thiophene rings is 1. The Hall–Kier alpha value is -3.58. The third-order valence-corrected chi connectivity index (χ3v) is 6.86. The molecule has 1 N–H and O–H groups in total. The fourth-order valence-corrected chi connectivity index (χ4v) is 5.20. The zero-order chi connectivity index (χ0) is 22.4. The number of carbonyl (C=O) groups excluding carboxylic acids is 2. The highest BCUT2D eigenvalue weighted by atomic mass is 32.1. The van der Waals surface area contributed by atoms with Gasteiger partial charge in [-0.2, -0.15) is 0 Å². The molecule has 162 valence electrons. The number of carbonyl (C=O) groups is 2. The number of aryl methyl sites for hydroxylation is 2. The number of fused-ring (bicyclic) bond motifs is 1. The van der Waals surface area contributed by atoms with Gasteiger partial charge in [-0.25, -0.2) is 0 Å². The molecule has 0 aliphatic carbocycles. The predicted octanol–water partition coefficient (Wildman–Crippen LogP) is 4.76. The molecular formula is C25H21NO5S. The maximum absolute atomic E-state index is 13.3. The van der Waals surface area contributed by atoms with Crippen molar-refractivity contribution in [2.24, 2.45) is 0 Å². The van der Waals surface area contributed by atoms with E-state index in [1.807, 2.05) is 49.6 Å². The molecule has 5 rings (SSSR count). The van der Waals surface area contributed by atoms with Crippen LogP contribution in [-0.4, -0.2) is 30.0 Å². The molecule has 7 heteroatoms. The Balaban J connectivity index is 1.71. The van der Waals surface area contributed by atoms with Crippen LogP contribution < -0.4 is 14.4 Å². The molecule has 2 aromatic carbocycles. The molecule has 32 heavy (non-hydrogen) atoms. The van der Waals surface area contributed by atoms with Crippen LogP contribution in [0.2, 0.25) is 0 Å². The second-order valence-electron chi connectivity index (χ2n) is 7.78. The lowest BCUT2D eigenvalue weighted by Crippen LogP contribution is -2.30. The molecule has 6 nitrogen and oxygen atoms in total. The molecule has 2 aliphatic rings. The molecule has 0 spiro atoms. The maximum Gasteiger partial charge on any atom is 0.300 e. The topological polar surface area (TPSA) is 76.1 Å². The van der Waals surface area contributed by atoms with Gasteiger partial charge in [-0.3, -0.25) is 14.5 Å². The van der Waals surface area contributed by atoms with Gasteiger partial charge in [-0.1, -0.05) is 18.2 Å². The number of hydrogen-bond donors (Lipinski definition) is 1. The Bertz CT molecular complexity index is 1270. The molecule has 1 aromatic heterocycles. The van der Waals surface area contributed by atoms with Gasteiger partial charge in [0.05, 0.1) is 5.57 Å². The van der Waals surface area contributed by atoms with Gasteiger partial charge in [0.1, 0.15) is 25.0 Å². The number of aliphatic hydroxyl groups excluding tert-OH is 1. The molecule has 1 fully saturated rings. The first-order valence-electron chi connectivity index (χ1n) is 10.3. The number of amides is 1. The summed E-state index contributed by atoms with van der Waals surface area (Å²) in [6.07, 6.45) is 0. The quantitative estimate of drug-likeness (QED) is 0.356. The summed E-state index contributed by atoms with van der Waals surface area (Å²) in [5, 5.41) is 13.2. The minimum atomic E-state index is -0.718. The number of aliphatic hydroxyl groups is 1. The van der Waals surface area contributed by atoms with Crippen LogP contribution in [0.1, 0.15) is 27.6 Å². The van der Waals surface area contributed by atoms with Crippen LogP contribution in [-0.2, 0) is 9.59 Å². The minimum Gasteiger partial charge on any atom is -0.507 e. The standard InChI is InChI=1S/C25H21NO5S/c1-14-5-3-4-6-17(14)26-21(24-15(2)9-12-32-24)20(23(28)25(26)29)22(27)16-7-8-18-19(13-16)31-11-10-30-18/h3-9,12-13,21,27H,10-11H2,1-2H3/b22-20-. The van der Waals surface area contributed by atoms with E-state index in [9.17, 15) is 14.7 Å². The monoisotopic (exact) mass is 447 g/mol. The molecule has 3 heterocycles. The third kappa shape index (κ3) is 3.17. The zero-order valence-corrected chi connectivity index (χ0v) is 18.4. The average molecular weight is 448 g/mol. The Kier molecular flexibility index (Phi) is 4.98. The van der Waals surface area contributed by atoms with E-state index in [-0.39, 0.29) is 11.3 Å². The second kappa shape index (κ2) is 7.84. The maximum atomic E-state index is 13.3. The van der Waals surface area contributed by atoms with Crippen molar-refractivity contribution in [1.29, 1.82) is 0 Å². The van der Waals surface area contributed by atoms with E-state index in [1.165, 1.54) is 16.2 Å². The highest BCUT2D eigenvalue weighted by Crippen LogP contribution is 2.46. The molecule has 0 radical (unpaired) electrons. The largest absolute Gasteiger partial charge is 0.507 e. The molecule has 2 aliphatic heterocycles. The predicted molar refractivity (Wildman–Crippen MR) is 122 cm³/mol. The smallest absolute Gasteiger partial charge is 0.300 e. The molecule has 1 unspecified atom stereocenters. The van der Waals surface area contributed by atoms with Gasteiger partial charge < -0.3 is 14.6 Å². The molecule has 0 saturated carbocycles. The average Bonchev–Trinajstić information content (AvgIpc) is 3.34. The van der Waals surface area contributed by atoms with Crippen molar-refractivity contribution < 1.29 is 24.2 Å². The number of benzene rings is 2. The van der Waals surface area contributed by atoms with E-state index < -0.39 is 17.7 Å². The fourth-order valence-electron chi connectivity index (χ4n) is 4.17. The van der Waals surface area contributed by atoms with Crippen molar-refractivity contribution in [3.05, 3.63) is 81.1 Å². The van der Waals surface area contributed by atoms with Crippen LogP contribution in [0.5, 0.6) is 11.5 Å². The van der Waals surface area contributed by atoms with Crippen molar-refractivity contribution in [2.45, 2.75) is 19.9 Å². The number of Topliss-reactive ketones (excluding diaryl/α,β-unsaturated/α-hetero) is 1. The summed E-state index contributed by atoms with van der Waals surface area (Å²) in [6, 6.07) is 13.7. The van der Waals surface area contributed by atoms with E-state index in [0.29, 0.717) is 36.0 Å². The van der Waals surface area contributed by atoms with Crippen LogP contribution in [0.3, 0.4) is 0 Å². The zero-order valence-electron chi connectivity index (χ0n) is 17.6. The summed E-state index contributed by atoms with van der Waals surface area (Å²) in [6.45, 7) is 4.70. The lowest BCUT2D eigenvalue weighted by atomic mass is 9.97. The Morgan fingerprint density at radius 2 is 1.75 bits per heavy atom. The van der Waals surface area contributed by atoms with Gasteiger partial charge in [-0.05, 0) is 60.7 Å². The van der Waals surface area contributed by atoms with E-state index in [0.717, 1.165) is 16.0 Å². The molecule has 0 bridgehead atoms.